The molecule has 1 aliphatic heterocycles. The van der Waals surface area contributed by atoms with Gasteiger partial charge in [0.25, 0.3) is 0 Å². The number of rotatable bonds is 9. The fourth-order valence-corrected chi connectivity index (χ4v) is 6.26. The molecule has 1 fully saturated rings. The molecule has 0 aromatic heterocycles. The van der Waals surface area contributed by atoms with Crippen molar-refractivity contribution in [2.24, 2.45) is 5.92 Å². The largest absolute Gasteiger partial charge is 0.497 e. The van der Waals surface area contributed by atoms with Gasteiger partial charge in [0, 0.05) is 45.0 Å². The molecule has 0 spiro atoms. The fourth-order valence-electron chi connectivity index (χ4n) is 3.85. The number of piperazine rings is 1. The molecule has 2 aromatic carbocycles. The molecule has 182 valence electrons. The first-order valence-corrected chi connectivity index (χ1v) is 14.2. The summed E-state index contributed by atoms with van der Waals surface area (Å²) in [5.41, 5.74) is 1.77. The third-order valence-corrected chi connectivity index (χ3v) is 8.76. The molecule has 10 heteroatoms. The zero-order chi connectivity index (χ0) is 24.2. The van der Waals surface area contributed by atoms with Crippen LogP contribution in [-0.2, 0) is 26.6 Å². The van der Waals surface area contributed by atoms with Crippen molar-refractivity contribution in [2.45, 2.75) is 25.3 Å². The van der Waals surface area contributed by atoms with Crippen LogP contribution in [0.1, 0.15) is 19.4 Å². The van der Waals surface area contributed by atoms with Crippen LogP contribution in [-0.4, -0.2) is 71.5 Å². The predicted octanol–water partition coefficient (Wildman–Crippen LogP) is 2.62. The van der Waals surface area contributed by atoms with Gasteiger partial charge in [0.05, 0.1) is 18.3 Å². The van der Waals surface area contributed by atoms with Gasteiger partial charge in [-0.1, -0.05) is 26.0 Å². The van der Waals surface area contributed by atoms with E-state index in [1.54, 1.807) is 31.4 Å². The summed E-state index contributed by atoms with van der Waals surface area (Å²) in [4.78, 5) is 2.32. The third-order valence-electron chi connectivity index (χ3n) is 5.63. The molecule has 1 aliphatic rings. The van der Waals surface area contributed by atoms with Crippen LogP contribution in [0.15, 0.2) is 53.4 Å². The first kappa shape index (κ1) is 25.5. The monoisotopic (exact) mass is 495 g/mol. The van der Waals surface area contributed by atoms with Crippen LogP contribution in [0, 0.1) is 5.92 Å². The smallest absolute Gasteiger partial charge is 0.243 e. The number of ether oxygens (including phenoxy) is 1. The lowest BCUT2D eigenvalue weighted by Gasteiger charge is -2.34. The van der Waals surface area contributed by atoms with Gasteiger partial charge in [-0.3, -0.25) is 0 Å². The third kappa shape index (κ3) is 6.47. The molecule has 0 unspecified atom stereocenters. The summed E-state index contributed by atoms with van der Waals surface area (Å²) in [6, 6.07) is 14.3. The first-order valence-electron chi connectivity index (χ1n) is 10.9. The summed E-state index contributed by atoms with van der Waals surface area (Å²) in [7, 11) is -5.28. The molecule has 0 saturated carbocycles. The molecule has 33 heavy (non-hydrogen) atoms. The molecule has 0 amide bonds. The van der Waals surface area contributed by atoms with E-state index in [1.165, 1.54) is 14.9 Å². The fraction of sp³-hybridized carbons (Fsp3) is 0.478. The highest BCUT2D eigenvalue weighted by Crippen LogP contribution is 2.25. The minimum atomic E-state index is -3.69. The molecule has 0 radical (unpaired) electrons. The maximum Gasteiger partial charge on any atom is 0.243 e. The lowest BCUT2D eigenvalue weighted by Crippen LogP contribution is -2.48. The van der Waals surface area contributed by atoms with E-state index in [1.807, 2.05) is 38.1 Å². The van der Waals surface area contributed by atoms with Gasteiger partial charge in [-0.25, -0.2) is 16.8 Å². The van der Waals surface area contributed by atoms with Gasteiger partial charge in [-0.2, -0.15) is 8.61 Å². The maximum atomic E-state index is 13.5. The minimum absolute atomic E-state index is 0.170. The average molecular weight is 496 g/mol. The van der Waals surface area contributed by atoms with Crippen molar-refractivity contribution in [3.05, 3.63) is 54.1 Å². The standard InChI is InChI=1S/C23H33N3O5S2/c1-19(2)17-26(18-20-5-9-22(31-3)10-6-20)33(29,30)23-11-7-21(8-12-23)24-13-15-25(16-14-24)32(4,27)28/h5-12,19H,13-18H2,1-4H3. The van der Waals surface area contributed by atoms with Crippen LogP contribution in [0.5, 0.6) is 5.75 Å². The number of benzene rings is 2. The number of nitrogens with zero attached hydrogens (tertiary/aromatic N) is 3. The van der Waals surface area contributed by atoms with Crippen LogP contribution in [0.3, 0.4) is 0 Å². The molecule has 2 aromatic rings. The maximum absolute atomic E-state index is 13.5. The summed E-state index contributed by atoms with van der Waals surface area (Å²) in [6.07, 6.45) is 1.22. The Bertz CT molecular complexity index is 1120. The zero-order valence-electron chi connectivity index (χ0n) is 19.6. The highest BCUT2D eigenvalue weighted by Gasteiger charge is 2.27. The van der Waals surface area contributed by atoms with Crippen molar-refractivity contribution in [2.75, 3.05) is 51.0 Å². The van der Waals surface area contributed by atoms with Gasteiger partial charge in [-0.05, 0) is 47.9 Å². The molecule has 0 aliphatic carbocycles. The van der Waals surface area contributed by atoms with Crippen molar-refractivity contribution in [3.8, 4) is 5.75 Å². The Morgan fingerprint density at radius 3 is 1.97 bits per heavy atom. The van der Waals surface area contributed by atoms with Gasteiger partial charge >= 0.3 is 0 Å². The Morgan fingerprint density at radius 2 is 1.48 bits per heavy atom. The number of sulfonamides is 2. The summed E-state index contributed by atoms with van der Waals surface area (Å²) in [5, 5.41) is 0. The SMILES string of the molecule is COc1ccc(CN(CC(C)C)S(=O)(=O)c2ccc(N3CCN(S(C)(=O)=O)CC3)cc2)cc1. The van der Waals surface area contributed by atoms with Gasteiger partial charge in [0.1, 0.15) is 5.75 Å². The van der Waals surface area contributed by atoms with E-state index >= 15 is 0 Å². The lowest BCUT2D eigenvalue weighted by molar-refractivity contribution is 0.361. The quantitative estimate of drug-likeness (QED) is 0.532. The van der Waals surface area contributed by atoms with Gasteiger partial charge in [0.15, 0.2) is 0 Å². The van der Waals surface area contributed by atoms with E-state index in [0.717, 1.165) is 17.0 Å². The summed E-state index contributed by atoms with van der Waals surface area (Å²) < 4.78 is 58.5. The van der Waals surface area contributed by atoms with Crippen molar-refractivity contribution >= 4 is 25.7 Å². The van der Waals surface area contributed by atoms with Crippen molar-refractivity contribution < 1.29 is 21.6 Å². The second kappa shape index (κ2) is 10.4. The number of hydrogen-bond donors (Lipinski definition) is 0. The van der Waals surface area contributed by atoms with E-state index in [-0.39, 0.29) is 17.4 Å². The Labute approximate surface area is 197 Å². The van der Waals surface area contributed by atoms with E-state index in [2.05, 4.69) is 4.90 Å². The predicted molar refractivity (Wildman–Crippen MR) is 130 cm³/mol. The Hall–Kier alpha value is -2.14. The summed E-state index contributed by atoms with van der Waals surface area (Å²) >= 11 is 0. The normalized spacial score (nSPS) is 15.9. The molecule has 3 rings (SSSR count). The van der Waals surface area contributed by atoms with E-state index in [0.29, 0.717) is 32.7 Å². The average Bonchev–Trinajstić information content (AvgIpc) is 2.78. The molecule has 1 heterocycles. The Kier molecular flexibility index (Phi) is 8.04. The van der Waals surface area contributed by atoms with Crippen LogP contribution < -0.4 is 9.64 Å². The molecule has 1 saturated heterocycles. The van der Waals surface area contributed by atoms with Gasteiger partial charge in [0.2, 0.25) is 20.0 Å². The van der Waals surface area contributed by atoms with Crippen molar-refractivity contribution in [3.63, 3.8) is 0 Å². The lowest BCUT2D eigenvalue weighted by atomic mass is 10.2. The zero-order valence-corrected chi connectivity index (χ0v) is 21.3. The van der Waals surface area contributed by atoms with Crippen LogP contribution in [0.2, 0.25) is 0 Å². The topological polar surface area (TPSA) is 87.2 Å². The summed E-state index contributed by atoms with van der Waals surface area (Å²) in [5.74, 6) is 0.897. The number of methoxy groups -OCH3 is 1. The Morgan fingerprint density at radius 1 is 0.909 bits per heavy atom. The Balaban J connectivity index is 1.76. The highest BCUT2D eigenvalue weighted by atomic mass is 32.2. The molecule has 0 atom stereocenters. The minimum Gasteiger partial charge on any atom is -0.497 e. The second-order valence-electron chi connectivity index (χ2n) is 8.68. The van der Waals surface area contributed by atoms with Crippen LogP contribution in [0.4, 0.5) is 5.69 Å². The second-order valence-corrected chi connectivity index (χ2v) is 12.6. The van der Waals surface area contributed by atoms with E-state index < -0.39 is 20.0 Å². The van der Waals surface area contributed by atoms with E-state index in [9.17, 15) is 16.8 Å². The molecular formula is C23H33N3O5S2. The van der Waals surface area contributed by atoms with Crippen molar-refractivity contribution in [1.82, 2.24) is 8.61 Å². The molecule has 0 N–H and O–H groups in total. The molecular weight excluding hydrogens is 462 g/mol. The van der Waals surface area contributed by atoms with Gasteiger partial charge < -0.3 is 9.64 Å². The van der Waals surface area contributed by atoms with Crippen molar-refractivity contribution in [1.29, 1.82) is 0 Å². The molecule has 8 nitrogen and oxygen atoms in total. The van der Waals surface area contributed by atoms with E-state index in [4.69, 9.17) is 4.74 Å². The van der Waals surface area contributed by atoms with Gasteiger partial charge in [-0.15, -0.1) is 0 Å². The highest BCUT2D eigenvalue weighted by molar-refractivity contribution is 7.89. The van der Waals surface area contributed by atoms with Crippen LogP contribution >= 0.6 is 0 Å². The summed E-state index contributed by atoms with van der Waals surface area (Å²) in [6.45, 7) is 6.65. The number of anilines is 1. The first-order chi connectivity index (χ1) is 15.5. The number of hydrogen-bond acceptors (Lipinski definition) is 6. The molecule has 0 bridgehead atoms. The van der Waals surface area contributed by atoms with Crippen LogP contribution in [0.25, 0.3) is 0 Å².